The molecule has 1 aromatic carbocycles. The molecule has 1 fully saturated rings. The fourth-order valence-electron chi connectivity index (χ4n) is 2.69. The number of hydrogen-bond acceptors (Lipinski definition) is 4. The fourth-order valence-corrected chi connectivity index (χ4v) is 2.69. The number of hydrogen-bond donors (Lipinski definition) is 1. The van der Waals surface area contributed by atoms with Crippen molar-refractivity contribution < 1.29 is 9.90 Å². The zero-order valence-corrected chi connectivity index (χ0v) is 12.1. The molecule has 0 aliphatic carbocycles. The normalized spacial score (nSPS) is 23.0. The summed E-state index contributed by atoms with van der Waals surface area (Å²) in [6.07, 6.45) is 3.66. The van der Waals surface area contributed by atoms with Gasteiger partial charge in [-0.2, -0.15) is 0 Å². The summed E-state index contributed by atoms with van der Waals surface area (Å²) in [4.78, 5) is 23.0. The van der Waals surface area contributed by atoms with Crippen LogP contribution in [0.5, 0.6) is 0 Å². The van der Waals surface area contributed by atoms with Crippen LogP contribution in [0.1, 0.15) is 36.7 Å². The van der Waals surface area contributed by atoms with Crippen LogP contribution in [-0.2, 0) is 0 Å². The van der Waals surface area contributed by atoms with Crippen LogP contribution in [0.25, 0.3) is 11.0 Å². The average molecular weight is 285 g/mol. The molecule has 21 heavy (non-hydrogen) atoms. The van der Waals surface area contributed by atoms with Gasteiger partial charge >= 0.3 is 0 Å². The molecule has 2 aromatic rings. The summed E-state index contributed by atoms with van der Waals surface area (Å²) in [6.45, 7) is 3.04. The standard InChI is InChI=1S/C16H19N3O2/c1-16(21)7-4-9-19(10-8-16)15(20)14-11-17-12-5-2-3-6-13(12)18-14/h2-3,5-6,11,21H,4,7-10H2,1H3. The molecular weight excluding hydrogens is 266 g/mol. The highest BCUT2D eigenvalue weighted by molar-refractivity contribution is 5.93. The number of aromatic nitrogens is 2. The Bertz CT molecular complexity index is 669. The molecule has 0 saturated carbocycles. The summed E-state index contributed by atoms with van der Waals surface area (Å²) >= 11 is 0. The van der Waals surface area contributed by atoms with E-state index in [1.807, 2.05) is 31.2 Å². The quantitative estimate of drug-likeness (QED) is 0.870. The van der Waals surface area contributed by atoms with Gasteiger partial charge in [-0.15, -0.1) is 0 Å². The van der Waals surface area contributed by atoms with E-state index in [0.29, 0.717) is 25.2 Å². The van der Waals surface area contributed by atoms with Gasteiger partial charge in [0.05, 0.1) is 22.8 Å². The van der Waals surface area contributed by atoms with Crippen LogP contribution in [-0.4, -0.2) is 44.6 Å². The van der Waals surface area contributed by atoms with Gasteiger partial charge in [-0.3, -0.25) is 9.78 Å². The molecule has 1 atom stereocenters. The topological polar surface area (TPSA) is 66.3 Å². The first kappa shape index (κ1) is 13.9. The molecule has 1 aliphatic rings. The third-order valence-electron chi connectivity index (χ3n) is 4.02. The number of benzene rings is 1. The second-order valence-electron chi connectivity index (χ2n) is 5.89. The van der Waals surface area contributed by atoms with E-state index in [1.54, 1.807) is 4.90 Å². The van der Waals surface area contributed by atoms with Gasteiger partial charge in [-0.25, -0.2) is 4.98 Å². The first-order valence-corrected chi connectivity index (χ1v) is 7.29. The molecule has 1 aromatic heterocycles. The molecule has 1 unspecified atom stereocenters. The minimum atomic E-state index is -0.676. The largest absolute Gasteiger partial charge is 0.390 e. The van der Waals surface area contributed by atoms with E-state index in [0.717, 1.165) is 23.9 Å². The number of fused-ring (bicyclic) bond motifs is 1. The molecular formula is C16H19N3O2. The minimum absolute atomic E-state index is 0.106. The lowest BCUT2D eigenvalue weighted by molar-refractivity contribution is 0.0437. The van der Waals surface area contributed by atoms with Crippen LogP contribution in [0.3, 0.4) is 0 Å². The minimum Gasteiger partial charge on any atom is -0.390 e. The smallest absolute Gasteiger partial charge is 0.274 e. The lowest BCUT2D eigenvalue weighted by Gasteiger charge is -2.22. The van der Waals surface area contributed by atoms with Crippen LogP contribution in [0.15, 0.2) is 30.5 Å². The lowest BCUT2D eigenvalue weighted by atomic mass is 9.98. The van der Waals surface area contributed by atoms with Gasteiger partial charge in [-0.1, -0.05) is 12.1 Å². The highest BCUT2D eigenvalue weighted by Gasteiger charge is 2.28. The van der Waals surface area contributed by atoms with Crippen LogP contribution in [0, 0.1) is 0 Å². The van der Waals surface area contributed by atoms with E-state index in [-0.39, 0.29) is 5.91 Å². The molecule has 1 amide bonds. The average Bonchev–Trinajstić information content (AvgIpc) is 2.67. The number of aliphatic hydroxyl groups is 1. The third-order valence-corrected chi connectivity index (χ3v) is 4.02. The van der Waals surface area contributed by atoms with Gasteiger partial charge in [-0.05, 0) is 38.3 Å². The predicted octanol–water partition coefficient (Wildman–Crippen LogP) is 2.01. The predicted molar refractivity (Wildman–Crippen MR) is 79.9 cm³/mol. The van der Waals surface area contributed by atoms with Gasteiger partial charge in [0.2, 0.25) is 0 Å². The molecule has 0 radical (unpaired) electrons. The second-order valence-corrected chi connectivity index (χ2v) is 5.89. The van der Waals surface area contributed by atoms with Gasteiger partial charge in [0.15, 0.2) is 0 Å². The zero-order valence-electron chi connectivity index (χ0n) is 12.1. The highest BCUT2D eigenvalue weighted by Crippen LogP contribution is 2.22. The van der Waals surface area contributed by atoms with Gasteiger partial charge in [0.1, 0.15) is 5.69 Å². The Kier molecular flexibility index (Phi) is 3.59. The molecule has 1 aliphatic heterocycles. The van der Waals surface area contributed by atoms with E-state index in [9.17, 15) is 9.90 Å². The van der Waals surface area contributed by atoms with Crippen molar-refractivity contribution in [1.82, 2.24) is 14.9 Å². The first-order chi connectivity index (χ1) is 10.1. The zero-order chi connectivity index (χ0) is 14.9. The maximum absolute atomic E-state index is 12.5. The molecule has 1 N–H and O–H groups in total. The summed E-state index contributed by atoms with van der Waals surface area (Å²) in [6, 6.07) is 7.51. The molecule has 5 nitrogen and oxygen atoms in total. The van der Waals surface area contributed by atoms with Crippen molar-refractivity contribution >= 4 is 16.9 Å². The van der Waals surface area contributed by atoms with E-state index < -0.39 is 5.60 Å². The molecule has 5 heteroatoms. The number of amides is 1. The molecule has 110 valence electrons. The first-order valence-electron chi connectivity index (χ1n) is 7.29. The molecule has 1 saturated heterocycles. The maximum Gasteiger partial charge on any atom is 0.274 e. The highest BCUT2D eigenvalue weighted by atomic mass is 16.3. The Balaban J connectivity index is 1.83. The summed E-state index contributed by atoms with van der Waals surface area (Å²) in [5.74, 6) is -0.106. The Morgan fingerprint density at radius 2 is 2.00 bits per heavy atom. The van der Waals surface area contributed by atoms with Gasteiger partial charge in [0.25, 0.3) is 5.91 Å². The summed E-state index contributed by atoms with van der Waals surface area (Å²) < 4.78 is 0. The Morgan fingerprint density at radius 1 is 1.24 bits per heavy atom. The molecule has 3 rings (SSSR count). The number of carbonyl (C=O) groups is 1. The Morgan fingerprint density at radius 3 is 2.81 bits per heavy atom. The molecule has 0 bridgehead atoms. The van der Waals surface area contributed by atoms with Crippen LogP contribution in [0.4, 0.5) is 0 Å². The molecule has 0 spiro atoms. The summed E-state index contributed by atoms with van der Waals surface area (Å²) in [5.41, 5.74) is 1.21. The number of rotatable bonds is 1. The van der Waals surface area contributed by atoms with Crippen molar-refractivity contribution in [1.29, 1.82) is 0 Å². The van der Waals surface area contributed by atoms with Crippen molar-refractivity contribution in [3.63, 3.8) is 0 Å². The van der Waals surface area contributed by atoms with E-state index >= 15 is 0 Å². The van der Waals surface area contributed by atoms with Crippen LogP contribution >= 0.6 is 0 Å². The summed E-state index contributed by atoms with van der Waals surface area (Å²) in [7, 11) is 0. The van der Waals surface area contributed by atoms with E-state index in [1.165, 1.54) is 6.20 Å². The fraction of sp³-hybridized carbons (Fsp3) is 0.438. The van der Waals surface area contributed by atoms with Crippen molar-refractivity contribution in [2.24, 2.45) is 0 Å². The number of para-hydroxylation sites is 2. The number of nitrogens with zero attached hydrogens (tertiary/aromatic N) is 3. The van der Waals surface area contributed by atoms with Crippen molar-refractivity contribution in [3.05, 3.63) is 36.2 Å². The monoisotopic (exact) mass is 285 g/mol. The SMILES string of the molecule is CC1(O)CCCN(C(=O)c2cnc3ccccc3n2)CC1. The van der Waals surface area contributed by atoms with Crippen LogP contribution < -0.4 is 0 Å². The van der Waals surface area contributed by atoms with Gasteiger partial charge < -0.3 is 10.0 Å². The van der Waals surface area contributed by atoms with Crippen molar-refractivity contribution in [2.75, 3.05) is 13.1 Å². The molecule has 2 heterocycles. The van der Waals surface area contributed by atoms with Crippen molar-refractivity contribution in [3.8, 4) is 0 Å². The van der Waals surface area contributed by atoms with Crippen LogP contribution in [0.2, 0.25) is 0 Å². The number of carbonyl (C=O) groups excluding carboxylic acids is 1. The van der Waals surface area contributed by atoms with E-state index in [2.05, 4.69) is 9.97 Å². The number of likely N-dealkylation sites (tertiary alicyclic amines) is 1. The Labute approximate surface area is 123 Å². The third kappa shape index (κ3) is 3.03. The Hall–Kier alpha value is -2.01. The second kappa shape index (κ2) is 5.41. The van der Waals surface area contributed by atoms with E-state index in [4.69, 9.17) is 0 Å². The van der Waals surface area contributed by atoms with Gasteiger partial charge in [0, 0.05) is 13.1 Å². The van der Waals surface area contributed by atoms with Crippen molar-refractivity contribution in [2.45, 2.75) is 31.8 Å². The summed E-state index contributed by atoms with van der Waals surface area (Å²) in [5, 5.41) is 10.1. The lowest BCUT2D eigenvalue weighted by Crippen LogP contribution is -2.34. The maximum atomic E-state index is 12.5.